The smallest absolute Gasteiger partial charge is 0.308 e. The highest BCUT2D eigenvalue weighted by Gasteiger charge is 2.42. The number of aromatic nitrogens is 1. The van der Waals surface area contributed by atoms with Crippen LogP contribution in [-0.2, 0) is 19.2 Å². The van der Waals surface area contributed by atoms with Crippen molar-refractivity contribution >= 4 is 52.0 Å². The quantitative estimate of drug-likeness (QED) is 0.532. The van der Waals surface area contributed by atoms with Crippen molar-refractivity contribution in [3.8, 4) is 11.5 Å². The molecule has 2 amide bonds. The Morgan fingerprint density at radius 3 is 2.42 bits per heavy atom. The summed E-state index contributed by atoms with van der Waals surface area (Å²) < 4.78 is 10.4. The number of hydrogen-bond acceptors (Lipinski definition) is 9. The van der Waals surface area contributed by atoms with Crippen LogP contribution in [0.3, 0.4) is 0 Å². The highest BCUT2D eigenvalue weighted by Crippen LogP contribution is 2.46. The van der Waals surface area contributed by atoms with Crippen molar-refractivity contribution in [2.45, 2.75) is 39.1 Å². The van der Waals surface area contributed by atoms with Crippen LogP contribution in [0.2, 0.25) is 0 Å². The van der Waals surface area contributed by atoms with Crippen molar-refractivity contribution in [1.82, 2.24) is 9.88 Å². The summed E-state index contributed by atoms with van der Waals surface area (Å²) in [6.07, 6.45) is 1.65. The third-order valence-electron chi connectivity index (χ3n) is 4.28. The van der Waals surface area contributed by atoms with Gasteiger partial charge in [0.25, 0.3) is 0 Å². The number of benzene rings is 1. The molecule has 1 fully saturated rings. The molecule has 0 saturated carbocycles. The van der Waals surface area contributed by atoms with E-state index in [0.29, 0.717) is 16.4 Å². The SMILES string of the molecule is CC(=O)Oc1ccc(OC(C)=O)c(C2SCC(C(=O)Nc3ncc(C)s3)N2C(C)=O)c1. The Labute approximate surface area is 187 Å². The first-order valence-electron chi connectivity index (χ1n) is 9.30. The van der Waals surface area contributed by atoms with Crippen molar-refractivity contribution < 1.29 is 28.7 Å². The van der Waals surface area contributed by atoms with Gasteiger partial charge in [-0.15, -0.1) is 23.1 Å². The maximum Gasteiger partial charge on any atom is 0.308 e. The van der Waals surface area contributed by atoms with Crippen molar-refractivity contribution in [3.05, 3.63) is 34.8 Å². The van der Waals surface area contributed by atoms with Crippen LogP contribution >= 0.6 is 23.1 Å². The van der Waals surface area contributed by atoms with Crippen LogP contribution in [0, 0.1) is 6.92 Å². The highest BCUT2D eigenvalue weighted by molar-refractivity contribution is 7.99. The minimum Gasteiger partial charge on any atom is -0.427 e. The van der Waals surface area contributed by atoms with E-state index in [4.69, 9.17) is 9.47 Å². The maximum absolute atomic E-state index is 12.9. The molecule has 1 saturated heterocycles. The molecule has 3 rings (SSSR count). The Morgan fingerprint density at radius 1 is 1.13 bits per heavy atom. The van der Waals surface area contributed by atoms with Crippen LogP contribution in [0.4, 0.5) is 5.13 Å². The molecule has 0 spiro atoms. The average Bonchev–Trinajstić information content (AvgIpc) is 3.28. The van der Waals surface area contributed by atoms with Crippen molar-refractivity contribution in [2.24, 2.45) is 0 Å². The fourth-order valence-electron chi connectivity index (χ4n) is 3.13. The minimum atomic E-state index is -0.751. The molecule has 2 aromatic rings. The zero-order valence-corrected chi connectivity index (χ0v) is 19.0. The van der Waals surface area contributed by atoms with Gasteiger partial charge in [-0.25, -0.2) is 4.98 Å². The first kappa shape index (κ1) is 22.8. The Bertz CT molecular complexity index is 1040. The number of thiazole rings is 1. The van der Waals surface area contributed by atoms with E-state index in [9.17, 15) is 19.2 Å². The summed E-state index contributed by atoms with van der Waals surface area (Å²) in [6, 6.07) is 3.78. The topological polar surface area (TPSA) is 115 Å². The number of amides is 2. The molecule has 1 aliphatic heterocycles. The number of ether oxygens (including phenoxy) is 2. The third kappa shape index (κ3) is 5.42. The monoisotopic (exact) mass is 463 g/mol. The minimum absolute atomic E-state index is 0.226. The molecular weight excluding hydrogens is 442 g/mol. The molecule has 164 valence electrons. The Morgan fingerprint density at radius 2 is 1.84 bits per heavy atom. The van der Waals surface area contributed by atoms with Gasteiger partial charge in [0.05, 0.1) is 0 Å². The Kier molecular flexibility index (Phi) is 6.96. The van der Waals surface area contributed by atoms with E-state index in [0.717, 1.165) is 4.88 Å². The highest BCUT2D eigenvalue weighted by atomic mass is 32.2. The zero-order chi connectivity index (χ0) is 22.7. The van der Waals surface area contributed by atoms with Gasteiger partial charge in [0.1, 0.15) is 22.9 Å². The molecule has 11 heteroatoms. The molecule has 1 aromatic heterocycles. The second-order valence-corrected chi connectivity index (χ2v) is 9.13. The molecule has 2 unspecified atom stereocenters. The molecular formula is C20H21N3O6S2. The van der Waals surface area contributed by atoms with Crippen LogP contribution < -0.4 is 14.8 Å². The summed E-state index contributed by atoms with van der Waals surface area (Å²) in [5.74, 6) is -0.922. The van der Waals surface area contributed by atoms with Crippen LogP contribution in [0.1, 0.15) is 36.6 Å². The summed E-state index contributed by atoms with van der Waals surface area (Å²) in [7, 11) is 0. The molecule has 0 bridgehead atoms. The molecule has 31 heavy (non-hydrogen) atoms. The number of anilines is 1. The second kappa shape index (κ2) is 9.48. The first-order chi connectivity index (χ1) is 14.7. The predicted molar refractivity (Wildman–Crippen MR) is 116 cm³/mol. The number of nitrogens with zero attached hydrogens (tertiary/aromatic N) is 2. The van der Waals surface area contributed by atoms with Gasteiger partial charge in [-0.1, -0.05) is 0 Å². The second-order valence-electron chi connectivity index (χ2n) is 6.78. The van der Waals surface area contributed by atoms with E-state index in [1.807, 2.05) is 6.92 Å². The van der Waals surface area contributed by atoms with Gasteiger partial charge in [-0.3, -0.25) is 19.2 Å². The molecule has 1 aliphatic rings. The van der Waals surface area contributed by atoms with E-state index in [-0.39, 0.29) is 23.3 Å². The standard InChI is InChI=1S/C20H21N3O6S2/c1-10-8-21-20(31-10)22-18(27)16-9-30-19(23(16)11(2)24)15-7-14(28-12(3)25)5-6-17(15)29-13(4)26/h5-8,16,19H,9H2,1-4H3,(H,21,22,27). The summed E-state index contributed by atoms with van der Waals surface area (Å²) in [5.41, 5.74) is 0.453. The summed E-state index contributed by atoms with van der Waals surface area (Å²) in [5, 5.41) is 2.59. The molecule has 1 aromatic carbocycles. The number of esters is 2. The fraction of sp³-hybridized carbons (Fsp3) is 0.350. The molecule has 1 N–H and O–H groups in total. The van der Waals surface area contributed by atoms with Crippen molar-refractivity contribution in [3.63, 3.8) is 0 Å². The van der Waals surface area contributed by atoms with Crippen LogP contribution in [0.15, 0.2) is 24.4 Å². The number of thioether (sulfide) groups is 1. The van der Waals surface area contributed by atoms with E-state index < -0.39 is 23.4 Å². The van der Waals surface area contributed by atoms with E-state index >= 15 is 0 Å². The number of rotatable bonds is 5. The van der Waals surface area contributed by atoms with Gasteiger partial charge >= 0.3 is 11.9 Å². The van der Waals surface area contributed by atoms with Gasteiger partial charge in [-0.05, 0) is 25.1 Å². The van der Waals surface area contributed by atoms with E-state index in [1.54, 1.807) is 6.20 Å². The van der Waals surface area contributed by atoms with Crippen LogP contribution in [-0.4, -0.2) is 45.4 Å². The van der Waals surface area contributed by atoms with E-state index in [1.165, 1.54) is 67.0 Å². The molecule has 0 aliphatic carbocycles. The number of hydrogen-bond donors (Lipinski definition) is 1. The van der Waals surface area contributed by atoms with Gasteiger partial charge < -0.3 is 19.7 Å². The summed E-state index contributed by atoms with van der Waals surface area (Å²) >= 11 is 2.69. The Hall–Kier alpha value is -2.92. The lowest BCUT2D eigenvalue weighted by atomic mass is 10.1. The maximum atomic E-state index is 12.9. The average molecular weight is 464 g/mol. The van der Waals surface area contributed by atoms with Crippen LogP contribution in [0.25, 0.3) is 0 Å². The summed E-state index contributed by atoms with van der Waals surface area (Å²) in [4.78, 5) is 54.9. The molecule has 0 radical (unpaired) electrons. The normalized spacial score (nSPS) is 17.9. The molecule has 2 atom stereocenters. The number of nitrogens with one attached hydrogen (secondary N) is 1. The number of carbonyl (C=O) groups excluding carboxylic acids is 4. The van der Waals surface area contributed by atoms with Crippen molar-refractivity contribution in [2.75, 3.05) is 11.1 Å². The Balaban J connectivity index is 1.93. The lowest BCUT2D eigenvalue weighted by molar-refractivity contribution is -0.136. The fourth-order valence-corrected chi connectivity index (χ4v) is 5.29. The zero-order valence-electron chi connectivity index (χ0n) is 17.3. The number of carbonyl (C=O) groups is 4. The van der Waals surface area contributed by atoms with Gasteiger partial charge in [0, 0.05) is 43.2 Å². The van der Waals surface area contributed by atoms with Gasteiger partial charge in [0.2, 0.25) is 11.8 Å². The molecule has 2 heterocycles. The lowest BCUT2D eigenvalue weighted by Crippen LogP contribution is -2.44. The predicted octanol–water partition coefficient (Wildman–Crippen LogP) is 2.90. The lowest BCUT2D eigenvalue weighted by Gasteiger charge is -2.28. The van der Waals surface area contributed by atoms with E-state index in [2.05, 4.69) is 10.3 Å². The number of aryl methyl sites for hydroxylation is 1. The molecule has 9 nitrogen and oxygen atoms in total. The third-order valence-corrected chi connectivity index (χ3v) is 6.41. The largest absolute Gasteiger partial charge is 0.427 e. The summed E-state index contributed by atoms with van der Waals surface area (Å²) in [6.45, 7) is 5.78. The van der Waals surface area contributed by atoms with Gasteiger partial charge in [0.15, 0.2) is 5.13 Å². The first-order valence-corrected chi connectivity index (χ1v) is 11.2. The van der Waals surface area contributed by atoms with Gasteiger partial charge in [-0.2, -0.15) is 0 Å². The van der Waals surface area contributed by atoms with Crippen molar-refractivity contribution in [1.29, 1.82) is 0 Å². The van der Waals surface area contributed by atoms with Crippen LogP contribution in [0.5, 0.6) is 11.5 Å².